The Morgan fingerprint density at radius 3 is 2.94 bits per heavy atom. The number of nitrogens with one attached hydrogen (secondary N) is 2. The van der Waals surface area contributed by atoms with E-state index in [1.165, 1.54) is 12.8 Å². The van der Waals surface area contributed by atoms with Crippen LogP contribution in [0.1, 0.15) is 37.4 Å². The molecule has 0 aromatic carbocycles. The van der Waals surface area contributed by atoms with Crippen molar-refractivity contribution in [1.82, 2.24) is 10.6 Å². The topological polar surface area (TPSA) is 50.4 Å². The molecule has 4 nitrogen and oxygen atoms in total. The van der Waals surface area contributed by atoms with E-state index < -0.39 is 0 Å². The van der Waals surface area contributed by atoms with Crippen molar-refractivity contribution >= 4 is 17.4 Å². The van der Waals surface area contributed by atoms with E-state index in [4.69, 9.17) is 4.74 Å². The highest BCUT2D eigenvalue weighted by atomic mass is 32.1. The molecule has 100 valence electrons. The zero-order valence-electron chi connectivity index (χ0n) is 10.6. The molecule has 1 heterocycles. The van der Waals surface area contributed by atoms with Gasteiger partial charge in [0.25, 0.3) is 0 Å². The molecule has 2 N–H and O–H groups in total. The average Bonchev–Trinajstić information content (AvgIpc) is 3.02. The van der Waals surface area contributed by atoms with Crippen LogP contribution in [0.15, 0.2) is 16.8 Å². The molecule has 0 aliphatic heterocycles. The first kappa shape index (κ1) is 13.4. The zero-order chi connectivity index (χ0) is 12.8. The number of carbonyl (C=O) groups excluding carboxylic acids is 1. The van der Waals surface area contributed by atoms with Gasteiger partial charge in [-0.3, -0.25) is 0 Å². The number of hydrogen-bond acceptors (Lipinski definition) is 3. The lowest BCUT2D eigenvalue weighted by Gasteiger charge is -2.17. The molecule has 1 aromatic heterocycles. The molecule has 0 radical (unpaired) electrons. The van der Waals surface area contributed by atoms with Crippen molar-refractivity contribution < 1.29 is 9.53 Å². The minimum atomic E-state index is -0.0841. The predicted octanol–water partition coefficient (Wildman–Crippen LogP) is 2.68. The monoisotopic (exact) mass is 268 g/mol. The van der Waals surface area contributed by atoms with E-state index in [1.54, 1.807) is 18.4 Å². The minimum absolute atomic E-state index is 0.0643. The smallest absolute Gasteiger partial charge is 0.315 e. The Kier molecular flexibility index (Phi) is 5.01. The SMILES string of the molecule is CO[C@H](CNC(=O)NC1CCCC1)c1ccsc1. The number of amides is 2. The average molecular weight is 268 g/mol. The van der Waals surface area contributed by atoms with Crippen LogP contribution in [-0.4, -0.2) is 25.7 Å². The molecule has 5 heteroatoms. The number of hydrogen-bond donors (Lipinski definition) is 2. The van der Waals surface area contributed by atoms with Crippen LogP contribution in [0.5, 0.6) is 0 Å². The summed E-state index contributed by atoms with van der Waals surface area (Å²) in [7, 11) is 1.67. The maximum absolute atomic E-state index is 11.7. The van der Waals surface area contributed by atoms with Gasteiger partial charge in [0.05, 0.1) is 0 Å². The number of ether oxygens (including phenoxy) is 1. The fraction of sp³-hybridized carbons (Fsp3) is 0.615. The summed E-state index contributed by atoms with van der Waals surface area (Å²) in [5.41, 5.74) is 1.11. The van der Waals surface area contributed by atoms with E-state index in [-0.39, 0.29) is 12.1 Å². The first-order valence-electron chi connectivity index (χ1n) is 6.39. The minimum Gasteiger partial charge on any atom is -0.375 e. The van der Waals surface area contributed by atoms with Crippen LogP contribution in [0.4, 0.5) is 4.79 Å². The first-order chi connectivity index (χ1) is 8.79. The highest BCUT2D eigenvalue weighted by Gasteiger charge is 2.18. The van der Waals surface area contributed by atoms with Gasteiger partial charge >= 0.3 is 6.03 Å². The van der Waals surface area contributed by atoms with Crippen LogP contribution >= 0.6 is 11.3 Å². The van der Waals surface area contributed by atoms with Crippen LogP contribution in [0.3, 0.4) is 0 Å². The van der Waals surface area contributed by atoms with E-state index in [1.807, 2.05) is 16.8 Å². The second-order valence-corrected chi connectivity index (χ2v) is 5.40. The number of methoxy groups -OCH3 is 1. The zero-order valence-corrected chi connectivity index (χ0v) is 11.5. The number of carbonyl (C=O) groups is 1. The molecule has 0 saturated heterocycles. The largest absolute Gasteiger partial charge is 0.375 e. The van der Waals surface area contributed by atoms with E-state index in [2.05, 4.69) is 10.6 Å². The Hall–Kier alpha value is -1.07. The highest BCUT2D eigenvalue weighted by Crippen LogP contribution is 2.19. The van der Waals surface area contributed by atoms with E-state index in [9.17, 15) is 4.79 Å². The molecular formula is C13H20N2O2S. The summed E-state index contributed by atoms with van der Waals surface area (Å²) in [6.45, 7) is 0.506. The molecule has 2 amide bonds. The molecule has 0 bridgehead atoms. The quantitative estimate of drug-likeness (QED) is 0.862. The Balaban J connectivity index is 1.74. The Morgan fingerprint density at radius 2 is 2.33 bits per heavy atom. The van der Waals surface area contributed by atoms with Crippen molar-refractivity contribution in [1.29, 1.82) is 0 Å². The van der Waals surface area contributed by atoms with Gasteiger partial charge in [-0.05, 0) is 35.2 Å². The van der Waals surface area contributed by atoms with Gasteiger partial charge in [-0.2, -0.15) is 11.3 Å². The molecule has 1 saturated carbocycles. The van der Waals surface area contributed by atoms with Gasteiger partial charge in [-0.25, -0.2) is 4.79 Å². The standard InChI is InChI=1S/C13H20N2O2S/c1-17-12(10-6-7-18-9-10)8-14-13(16)15-11-4-2-3-5-11/h6-7,9,11-12H,2-5,8H2,1H3,(H2,14,15,16)/t12-/m1/s1. The first-order valence-corrected chi connectivity index (χ1v) is 7.33. The third kappa shape index (κ3) is 3.71. The molecule has 0 unspecified atom stereocenters. The van der Waals surface area contributed by atoms with Crippen LogP contribution in [0, 0.1) is 0 Å². The van der Waals surface area contributed by atoms with Gasteiger partial charge in [-0.1, -0.05) is 12.8 Å². The summed E-state index contributed by atoms with van der Waals surface area (Å²) in [4.78, 5) is 11.7. The molecule has 1 aromatic rings. The maximum Gasteiger partial charge on any atom is 0.315 e. The van der Waals surface area contributed by atoms with Crippen LogP contribution in [-0.2, 0) is 4.74 Å². The Bertz CT molecular complexity index is 361. The molecule has 0 spiro atoms. The summed E-state index contributed by atoms with van der Waals surface area (Å²) >= 11 is 1.64. The summed E-state index contributed by atoms with van der Waals surface area (Å²) < 4.78 is 5.38. The Labute approximate surface area is 112 Å². The highest BCUT2D eigenvalue weighted by molar-refractivity contribution is 7.07. The van der Waals surface area contributed by atoms with Crippen molar-refractivity contribution in [2.24, 2.45) is 0 Å². The third-order valence-electron chi connectivity index (χ3n) is 3.34. The molecule has 1 aliphatic carbocycles. The molecule has 18 heavy (non-hydrogen) atoms. The Morgan fingerprint density at radius 1 is 1.56 bits per heavy atom. The molecule has 2 rings (SSSR count). The van der Waals surface area contributed by atoms with E-state index >= 15 is 0 Å². The molecular weight excluding hydrogens is 248 g/mol. The predicted molar refractivity (Wildman–Crippen MR) is 72.9 cm³/mol. The lowest BCUT2D eigenvalue weighted by Crippen LogP contribution is -2.42. The van der Waals surface area contributed by atoms with Gasteiger partial charge in [0.2, 0.25) is 0 Å². The van der Waals surface area contributed by atoms with Gasteiger partial charge in [0.15, 0.2) is 0 Å². The summed E-state index contributed by atoms with van der Waals surface area (Å²) in [6.07, 6.45) is 4.59. The van der Waals surface area contributed by atoms with Gasteiger partial charge < -0.3 is 15.4 Å². The van der Waals surface area contributed by atoms with Gasteiger partial charge in [0.1, 0.15) is 6.10 Å². The van der Waals surface area contributed by atoms with Crippen molar-refractivity contribution in [3.05, 3.63) is 22.4 Å². The second kappa shape index (κ2) is 6.75. The van der Waals surface area contributed by atoms with Gasteiger partial charge in [0, 0.05) is 19.7 Å². The van der Waals surface area contributed by atoms with Crippen molar-refractivity contribution in [3.8, 4) is 0 Å². The number of urea groups is 1. The maximum atomic E-state index is 11.7. The summed E-state index contributed by atoms with van der Waals surface area (Å²) in [5, 5.41) is 9.94. The normalized spacial score (nSPS) is 17.6. The van der Waals surface area contributed by atoms with E-state index in [0.717, 1.165) is 18.4 Å². The molecule has 1 aliphatic rings. The van der Waals surface area contributed by atoms with Crippen LogP contribution in [0.2, 0.25) is 0 Å². The number of thiophene rings is 1. The second-order valence-electron chi connectivity index (χ2n) is 4.62. The van der Waals surface area contributed by atoms with Gasteiger partial charge in [-0.15, -0.1) is 0 Å². The van der Waals surface area contributed by atoms with Crippen LogP contribution < -0.4 is 10.6 Å². The van der Waals surface area contributed by atoms with Crippen molar-refractivity contribution in [3.63, 3.8) is 0 Å². The molecule has 1 atom stereocenters. The lowest BCUT2D eigenvalue weighted by molar-refractivity contribution is 0.104. The third-order valence-corrected chi connectivity index (χ3v) is 4.04. The van der Waals surface area contributed by atoms with Crippen molar-refractivity contribution in [2.45, 2.75) is 37.8 Å². The summed E-state index contributed by atoms with van der Waals surface area (Å²) in [5.74, 6) is 0. The van der Waals surface area contributed by atoms with Crippen molar-refractivity contribution in [2.75, 3.05) is 13.7 Å². The fourth-order valence-corrected chi connectivity index (χ4v) is 2.99. The van der Waals surface area contributed by atoms with Crippen LogP contribution in [0.25, 0.3) is 0 Å². The van der Waals surface area contributed by atoms with E-state index in [0.29, 0.717) is 12.6 Å². The fourth-order valence-electron chi connectivity index (χ4n) is 2.29. The lowest BCUT2D eigenvalue weighted by atomic mass is 10.2. The number of rotatable bonds is 5. The molecule has 1 fully saturated rings. The summed E-state index contributed by atoms with van der Waals surface area (Å²) in [6, 6.07) is 2.29.